The third-order valence-electron chi connectivity index (χ3n) is 16.9. The Morgan fingerprint density at radius 3 is 1.87 bits per heavy atom. The van der Waals surface area contributed by atoms with Crippen molar-refractivity contribution in [2.45, 2.75) is 136 Å². The molecule has 68 heavy (non-hydrogen) atoms. The molecular weight excluding hydrogens is 826 g/mol. The first-order chi connectivity index (χ1) is 32.3. The molecule has 342 valence electrons. The van der Waals surface area contributed by atoms with Gasteiger partial charge < -0.3 is 19.1 Å². The predicted molar refractivity (Wildman–Crippen MR) is 291 cm³/mol. The molecule has 0 N–H and O–H groups in total. The van der Waals surface area contributed by atoms with Gasteiger partial charge in [-0.2, -0.15) is 0 Å². The number of anilines is 8. The number of hydrogen-bond donors (Lipinski definition) is 0. The van der Waals surface area contributed by atoms with Gasteiger partial charge in [0.25, 0.3) is 6.71 Å². The van der Waals surface area contributed by atoms with E-state index >= 15 is 0 Å². The summed E-state index contributed by atoms with van der Waals surface area (Å²) in [5, 5.41) is 2.27. The topological polar surface area (TPSA) is 22.9 Å². The lowest BCUT2D eigenvalue weighted by molar-refractivity contribution is 0.195. The zero-order valence-electron chi connectivity index (χ0n) is 42.4. The monoisotopic (exact) mass is 892 g/mol. The maximum Gasteiger partial charge on any atom is 0.252 e. The molecule has 1 saturated carbocycles. The molecule has 8 aromatic rings. The Kier molecular flexibility index (Phi) is 9.14. The molecule has 4 nitrogen and oxygen atoms in total. The van der Waals surface area contributed by atoms with Gasteiger partial charge in [-0.3, -0.25) is 0 Å². The second-order valence-corrected chi connectivity index (χ2v) is 24.3. The maximum atomic E-state index is 6.89. The molecule has 0 bridgehead atoms. The van der Waals surface area contributed by atoms with Crippen molar-refractivity contribution < 1.29 is 4.42 Å². The zero-order valence-corrected chi connectivity index (χ0v) is 42.4. The zero-order chi connectivity index (χ0) is 47.4. The van der Waals surface area contributed by atoms with Gasteiger partial charge in [0.15, 0.2) is 5.58 Å². The fourth-order valence-corrected chi connectivity index (χ4v) is 12.9. The molecule has 2 unspecified atom stereocenters. The Morgan fingerprint density at radius 2 is 1.12 bits per heavy atom. The number of hydrogen-bond acceptors (Lipinski definition) is 4. The Balaban J connectivity index is 1.15. The number of furan rings is 1. The van der Waals surface area contributed by atoms with Gasteiger partial charge in [-0.1, -0.05) is 155 Å². The van der Waals surface area contributed by atoms with Gasteiger partial charge in [0.05, 0.1) is 11.2 Å². The van der Waals surface area contributed by atoms with Crippen molar-refractivity contribution in [1.82, 2.24) is 0 Å². The minimum Gasteiger partial charge on any atom is -0.454 e. The average molecular weight is 892 g/mol. The van der Waals surface area contributed by atoms with E-state index in [0.29, 0.717) is 0 Å². The highest BCUT2D eigenvalue weighted by molar-refractivity contribution is 7.00. The largest absolute Gasteiger partial charge is 0.454 e. The molecule has 1 aromatic heterocycles. The summed E-state index contributed by atoms with van der Waals surface area (Å²) >= 11 is 0. The van der Waals surface area contributed by atoms with Crippen LogP contribution in [0.2, 0.25) is 0 Å². The smallest absolute Gasteiger partial charge is 0.252 e. The molecular formula is C63H66BN3O. The summed E-state index contributed by atoms with van der Waals surface area (Å²) < 4.78 is 6.89. The molecule has 4 heterocycles. The molecule has 0 radical (unpaired) electrons. The van der Waals surface area contributed by atoms with Crippen LogP contribution in [0.1, 0.15) is 130 Å². The molecule has 0 saturated heterocycles. The van der Waals surface area contributed by atoms with Gasteiger partial charge in [0.1, 0.15) is 5.58 Å². The Morgan fingerprint density at radius 1 is 0.500 bits per heavy atom. The van der Waals surface area contributed by atoms with E-state index in [9.17, 15) is 0 Å². The van der Waals surface area contributed by atoms with E-state index in [1.54, 1.807) is 0 Å². The van der Waals surface area contributed by atoms with Crippen molar-refractivity contribution in [1.29, 1.82) is 0 Å². The van der Waals surface area contributed by atoms with Gasteiger partial charge in [0.2, 0.25) is 0 Å². The van der Waals surface area contributed by atoms with Crippen molar-refractivity contribution >= 4 is 90.5 Å². The summed E-state index contributed by atoms with van der Waals surface area (Å²) in [5.41, 5.74) is 22.3. The number of fused-ring (bicyclic) bond motifs is 10. The average Bonchev–Trinajstić information content (AvgIpc) is 3.77. The van der Waals surface area contributed by atoms with Crippen LogP contribution in [0.25, 0.3) is 21.9 Å². The predicted octanol–water partition coefficient (Wildman–Crippen LogP) is 15.6. The van der Waals surface area contributed by atoms with Gasteiger partial charge in [-0.15, -0.1) is 0 Å². The first-order valence-corrected chi connectivity index (χ1v) is 25.3. The fourth-order valence-electron chi connectivity index (χ4n) is 12.9. The minimum atomic E-state index is -0.0788. The third kappa shape index (κ3) is 6.12. The quantitative estimate of drug-likeness (QED) is 0.165. The standard InChI is InChI=1S/C63H66BN3O/c1-39-33-54-57-55(34-39)66(51-23-18-22-46-45-21-13-14-24-56(45)68-58(46)51)52-37-42(61(8,9)10)25-28-48(52)64(57)49-29-27-44(38-53(49)65(54)43-20-17-19-40(35-43)59(2,3)4)67-50-30-26-41(60(5,6)7)36-47(50)62(11)31-15-16-32-63(62,67)12/h13-14,17-30,33-38H,15-16,31-32H2,1-12H3. The lowest BCUT2D eigenvalue weighted by atomic mass is 9.33. The van der Waals surface area contributed by atoms with Crippen LogP contribution >= 0.6 is 0 Å². The summed E-state index contributed by atoms with van der Waals surface area (Å²) in [6.07, 6.45) is 4.85. The summed E-state index contributed by atoms with van der Waals surface area (Å²) in [5.74, 6) is 0. The second kappa shape index (κ2) is 14.4. The number of rotatable bonds is 3. The van der Waals surface area contributed by atoms with Crippen molar-refractivity contribution in [3.63, 3.8) is 0 Å². The third-order valence-corrected chi connectivity index (χ3v) is 16.9. The number of para-hydroxylation sites is 2. The molecule has 0 amide bonds. The van der Waals surface area contributed by atoms with E-state index in [-0.39, 0.29) is 33.9 Å². The van der Waals surface area contributed by atoms with Gasteiger partial charge in [-0.05, 0) is 148 Å². The Bertz CT molecular complexity index is 3390. The van der Waals surface area contributed by atoms with Gasteiger partial charge in [0, 0.05) is 56.0 Å². The van der Waals surface area contributed by atoms with Crippen LogP contribution in [0.15, 0.2) is 138 Å². The first-order valence-electron chi connectivity index (χ1n) is 25.3. The molecule has 1 aliphatic carbocycles. The highest BCUT2D eigenvalue weighted by Crippen LogP contribution is 2.62. The highest BCUT2D eigenvalue weighted by atomic mass is 16.3. The molecule has 2 atom stereocenters. The normalized spacial score (nSPS) is 19.8. The summed E-state index contributed by atoms with van der Waals surface area (Å²) in [4.78, 5) is 7.93. The molecule has 4 aliphatic rings. The van der Waals surface area contributed by atoms with Crippen LogP contribution < -0.4 is 31.1 Å². The summed E-state index contributed by atoms with van der Waals surface area (Å²) in [6.45, 7) is 28.5. The van der Waals surface area contributed by atoms with Crippen LogP contribution in [-0.2, 0) is 21.7 Å². The van der Waals surface area contributed by atoms with Crippen molar-refractivity contribution in [3.05, 3.63) is 161 Å². The SMILES string of the molecule is Cc1cc2c3c(c1)N(c1cccc4c1oc1ccccc14)c1cc(C(C)(C)C)ccc1B3c1ccc(N3c4ccc(C(C)(C)C)cc4C4(C)CCCCC34C)cc1N2c1cccc(C(C)(C)C)c1. The fraction of sp³-hybridized carbons (Fsp3) is 0.333. The van der Waals surface area contributed by atoms with Crippen LogP contribution in [0.5, 0.6) is 0 Å². The summed E-state index contributed by atoms with van der Waals surface area (Å²) in [7, 11) is 0. The summed E-state index contributed by atoms with van der Waals surface area (Å²) in [6, 6.07) is 51.7. The van der Waals surface area contributed by atoms with Crippen LogP contribution in [-0.4, -0.2) is 12.3 Å². The minimum absolute atomic E-state index is 0.00224. The Hall–Kier alpha value is -6.20. The molecule has 12 rings (SSSR count). The molecule has 5 heteroatoms. The lowest BCUT2D eigenvalue weighted by Gasteiger charge is -2.50. The number of nitrogens with zero attached hydrogens (tertiary/aromatic N) is 3. The first kappa shape index (κ1) is 43.1. The van der Waals surface area contributed by atoms with Crippen molar-refractivity contribution in [2.24, 2.45) is 0 Å². The van der Waals surface area contributed by atoms with Crippen LogP contribution in [0.4, 0.5) is 45.5 Å². The highest BCUT2D eigenvalue weighted by Gasteiger charge is 2.58. The van der Waals surface area contributed by atoms with E-state index in [1.165, 1.54) is 103 Å². The molecule has 0 spiro atoms. The van der Waals surface area contributed by atoms with Gasteiger partial charge >= 0.3 is 0 Å². The van der Waals surface area contributed by atoms with Crippen LogP contribution in [0, 0.1) is 6.92 Å². The number of benzene rings is 7. The van der Waals surface area contributed by atoms with Gasteiger partial charge in [-0.25, -0.2) is 0 Å². The molecule has 1 fully saturated rings. The lowest BCUT2D eigenvalue weighted by Crippen LogP contribution is -2.61. The maximum absolute atomic E-state index is 6.89. The van der Waals surface area contributed by atoms with E-state index in [4.69, 9.17) is 4.42 Å². The van der Waals surface area contributed by atoms with Crippen molar-refractivity contribution in [2.75, 3.05) is 14.7 Å². The molecule has 7 aromatic carbocycles. The van der Waals surface area contributed by atoms with E-state index in [0.717, 1.165) is 34.0 Å². The van der Waals surface area contributed by atoms with E-state index < -0.39 is 0 Å². The van der Waals surface area contributed by atoms with E-state index in [1.807, 2.05) is 0 Å². The van der Waals surface area contributed by atoms with E-state index in [2.05, 4.69) is 231 Å². The molecule has 3 aliphatic heterocycles. The second-order valence-electron chi connectivity index (χ2n) is 24.3. The number of aryl methyl sites for hydroxylation is 1. The van der Waals surface area contributed by atoms with Crippen LogP contribution in [0.3, 0.4) is 0 Å². The van der Waals surface area contributed by atoms with Crippen molar-refractivity contribution in [3.8, 4) is 0 Å². The Labute approximate surface area is 405 Å².